The maximum Gasteiger partial charge on any atom is 0.416 e. The number of aryl methyl sites for hydroxylation is 2. The molecule has 2 aromatic carbocycles. The maximum absolute atomic E-state index is 12.9. The smallest absolute Gasteiger partial charge is 0.416 e. The number of aromatic hydroxyl groups is 1. The van der Waals surface area contributed by atoms with Crippen molar-refractivity contribution in [3.8, 4) is 5.75 Å². The molecule has 5 nitrogen and oxygen atoms in total. The van der Waals surface area contributed by atoms with Gasteiger partial charge in [0.2, 0.25) is 0 Å². The molecule has 9 heteroatoms. The third-order valence-electron chi connectivity index (χ3n) is 4.63. The summed E-state index contributed by atoms with van der Waals surface area (Å²) in [7, 11) is -4.18. The van der Waals surface area contributed by atoms with Crippen molar-refractivity contribution in [1.82, 2.24) is 5.32 Å². The van der Waals surface area contributed by atoms with E-state index in [1.54, 1.807) is 13.8 Å². The van der Waals surface area contributed by atoms with E-state index < -0.39 is 37.1 Å². The zero-order valence-corrected chi connectivity index (χ0v) is 17.2. The van der Waals surface area contributed by atoms with E-state index in [0.717, 1.165) is 18.2 Å². The second kappa shape index (κ2) is 7.70. The first-order chi connectivity index (χ1) is 13.2. The Bertz CT molecular complexity index is 1020. The van der Waals surface area contributed by atoms with Gasteiger partial charge >= 0.3 is 6.18 Å². The van der Waals surface area contributed by atoms with Crippen LogP contribution in [0, 0.1) is 13.8 Å². The normalized spacial score (nSPS) is 12.7. The predicted octanol–water partition coefficient (Wildman–Crippen LogP) is 4.01. The van der Waals surface area contributed by atoms with Gasteiger partial charge < -0.3 is 10.4 Å². The molecule has 0 aliphatic carbocycles. The van der Waals surface area contributed by atoms with E-state index in [0.29, 0.717) is 17.2 Å². The number of hydrogen-bond acceptors (Lipinski definition) is 4. The van der Waals surface area contributed by atoms with Gasteiger partial charge in [0.25, 0.3) is 5.91 Å². The average molecular weight is 429 g/mol. The van der Waals surface area contributed by atoms with Gasteiger partial charge in [-0.3, -0.25) is 4.79 Å². The summed E-state index contributed by atoms with van der Waals surface area (Å²) >= 11 is 0. The lowest BCUT2D eigenvalue weighted by Gasteiger charge is -2.25. The number of alkyl halides is 3. The van der Waals surface area contributed by atoms with Crippen LogP contribution < -0.4 is 5.32 Å². The highest BCUT2D eigenvalue weighted by Crippen LogP contribution is 2.33. The lowest BCUT2D eigenvalue weighted by atomic mass is 10.1. The highest BCUT2D eigenvalue weighted by molar-refractivity contribution is 7.92. The monoisotopic (exact) mass is 429 g/mol. The molecule has 0 aliphatic rings. The van der Waals surface area contributed by atoms with Crippen LogP contribution in [0.5, 0.6) is 5.75 Å². The fourth-order valence-corrected chi connectivity index (χ4v) is 4.18. The molecule has 0 unspecified atom stereocenters. The Balaban J connectivity index is 2.25. The Morgan fingerprint density at radius 3 is 2.14 bits per heavy atom. The molecule has 0 heterocycles. The number of carbonyl (C=O) groups excluding carboxylic acids is 1. The van der Waals surface area contributed by atoms with Crippen molar-refractivity contribution in [1.29, 1.82) is 0 Å². The molecule has 0 saturated carbocycles. The number of sulfone groups is 1. The Morgan fingerprint density at radius 1 is 1.07 bits per heavy atom. The molecular weight excluding hydrogens is 407 g/mol. The van der Waals surface area contributed by atoms with Gasteiger partial charge in [-0.2, -0.15) is 13.2 Å². The summed E-state index contributed by atoms with van der Waals surface area (Å²) in [6.45, 7) is 5.60. The first-order valence-corrected chi connectivity index (χ1v) is 10.2. The van der Waals surface area contributed by atoms with E-state index in [1.807, 2.05) is 0 Å². The van der Waals surface area contributed by atoms with E-state index in [4.69, 9.17) is 0 Å². The molecule has 158 valence electrons. The Labute approximate surface area is 167 Å². The Hall–Kier alpha value is -2.55. The third kappa shape index (κ3) is 4.72. The van der Waals surface area contributed by atoms with E-state index in [-0.39, 0.29) is 17.9 Å². The standard InChI is InChI=1S/C20H22F3NO4S/c1-12-8-14(9-13(2)17(12)25)18(26)24-11-19(3,4)29(27,28)16-7-5-6-15(10-16)20(21,22)23/h5-10,25H,11H2,1-4H3,(H,24,26). The van der Waals surface area contributed by atoms with Gasteiger partial charge in [-0.1, -0.05) is 6.07 Å². The van der Waals surface area contributed by atoms with E-state index >= 15 is 0 Å². The van der Waals surface area contributed by atoms with Crippen LogP contribution >= 0.6 is 0 Å². The summed E-state index contributed by atoms with van der Waals surface area (Å²) in [4.78, 5) is 12.0. The average Bonchev–Trinajstić information content (AvgIpc) is 2.63. The number of benzene rings is 2. The molecule has 0 spiro atoms. The van der Waals surface area contributed by atoms with Crippen molar-refractivity contribution in [2.75, 3.05) is 6.54 Å². The second-order valence-electron chi connectivity index (χ2n) is 7.43. The molecule has 2 rings (SSSR count). The van der Waals surface area contributed by atoms with Crippen molar-refractivity contribution in [2.45, 2.75) is 43.5 Å². The predicted molar refractivity (Wildman–Crippen MR) is 103 cm³/mol. The summed E-state index contributed by atoms with van der Waals surface area (Å²) < 4.78 is 63.0. The van der Waals surface area contributed by atoms with Crippen LogP contribution in [0.25, 0.3) is 0 Å². The van der Waals surface area contributed by atoms with Gasteiger partial charge in [-0.25, -0.2) is 8.42 Å². The van der Waals surface area contributed by atoms with E-state index in [1.165, 1.54) is 26.0 Å². The molecule has 2 aromatic rings. The zero-order valence-electron chi connectivity index (χ0n) is 16.4. The van der Waals surface area contributed by atoms with Gasteiger partial charge in [0.05, 0.1) is 15.2 Å². The first-order valence-electron chi connectivity index (χ1n) is 8.67. The van der Waals surface area contributed by atoms with Crippen molar-refractivity contribution in [2.24, 2.45) is 0 Å². The van der Waals surface area contributed by atoms with Crippen LogP contribution in [0.4, 0.5) is 13.2 Å². The first kappa shape index (κ1) is 22.7. The number of carbonyl (C=O) groups is 1. The molecule has 29 heavy (non-hydrogen) atoms. The highest BCUT2D eigenvalue weighted by Gasteiger charge is 2.38. The van der Waals surface area contributed by atoms with E-state index in [2.05, 4.69) is 5.32 Å². The summed E-state index contributed by atoms with van der Waals surface area (Å²) in [5, 5.41) is 12.3. The van der Waals surface area contributed by atoms with Crippen LogP contribution in [0.1, 0.15) is 40.9 Å². The summed E-state index contributed by atoms with van der Waals surface area (Å²) in [5.41, 5.74) is 0.163. The largest absolute Gasteiger partial charge is 0.507 e. The zero-order chi connectivity index (χ0) is 22.2. The minimum atomic E-state index is -4.67. The molecule has 0 aliphatic heterocycles. The fourth-order valence-electron chi connectivity index (χ4n) is 2.74. The molecule has 0 saturated heterocycles. The second-order valence-corrected chi connectivity index (χ2v) is 10.0. The lowest BCUT2D eigenvalue weighted by molar-refractivity contribution is -0.137. The molecule has 1 amide bonds. The van der Waals surface area contributed by atoms with Gasteiger partial charge in [0.15, 0.2) is 9.84 Å². The third-order valence-corrected chi connectivity index (χ3v) is 7.10. The number of hydrogen-bond donors (Lipinski definition) is 2. The molecule has 2 N–H and O–H groups in total. The van der Waals surface area contributed by atoms with Crippen LogP contribution in [-0.2, 0) is 16.0 Å². The topological polar surface area (TPSA) is 83.5 Å². The SMILES string of the molecule is Cc1cc(C(=O)NCC(C)(C)S(=O)(=O)c2cccc(C(F)(F)F)c2)cc(C)c1O. The molecule has 0 bridgehead atoms. The van der Waals surface area contributed by atoms with Crippen molar-refractivity contribution in [3.63, 3.8) is 0 Å². The van der Waals surface area contributed by atoms with E-state index in [9.17, 15) is 31.5 Å². The van der Waals surface area contributed by atoms with Gasteiger partial charge in [-0.15, -0.1) is 0 Å². The van der Waals surface area contributed by atoms with Gasteiger partial charge in [0.1, 0.15) is 5.75 Å². The van der Waals surface area contributed by atoms with Gasteiger partial charge in [-0.05, 0) is 69.2 Å². The van der Waals surface area contributed by atoms with Crippen LogP contribution in [0.3, 0.4) is 0 Å². The summed E-state index contributed by atoms with van der Waals surface area (Å²) in [6.07, 6.45) is -4.67. The summed E-state index contributed by atoms with van der Waals surface area (Å²) in [5.74, 6) is -0.488. The minimum Gasteiger partial charge on any atom is -0.507 e. The highest BCUT2D eigenvalue weighted by atomic mass is 32.2. The Kier molecular flexibility index (Phi) is 6.04. The van der Waals surface area contributed by atoms with Crippen LogP contribution in [0.15, 0.2) is 41.3 Å². The molecule has 0 aromatic heterocycles. The quantitative estimate of drug-likeness (QED) is 0.752. The number of amides is 1. The molecular formula is C20H22F3NO4S. The van der Waals surface area contributed by atoms with Gasteiger partial charge in [0, 0.05) is 12.1 Å². The van der Waals surface area contributed by atoms with Crippen molar-refractivity contribution in [3.05, 3.63) is 58.7 Å². The minimum absolute atomic E-state index is 0.0639. The number of phenols is 1. The maximum atomic E-state index is 12.9. The summed E-state index contributed by atoms with van der Waals surface area (Å²) in [6, 6.07) is 6.44. The molecule has 0 radical (unpaired) electrons. The number of halogens is 3. The fraction of sp³-hybridized carbons (Fsp3) is 0.350. The van der Waals surface area contributed by atoms with Crippen molar-refractivity contribution >= 4 is 15.7 Å². The molecule has 0 atom stereocenters. The van der Waals surface area contributed by atoms with Crippen LogP contribution in [-0.4, -0.2) is 30.7 Å². The number of rotatable bonds is 5. The van der Waals surface area contributed by atoms with Crippen molar-refractivity contribution < 1.29 is 31.5 Å². The number of phenolic OH excluding ortho intramolecular Hbond substituents is 1. The molecule has 0 fully saturated rings. The lowest BCUT2D eigenvalue weighted by Crippen LogP contribution is -2.44. The Morgan fingerprint density at radius 2 is 1.62 bits per heavy atom. The van der Waals surface area contributed by atoms with Crippen LogP contribution in [0.2, 0.25) is 0 Å². The number of nitrogens with one attached hydrogen (secondary N) is 1.